The molecule has 10 heteroatoms. The quantitative estimate of drug-likeness (QED) is 0.0896. The highest BCUT2D eigenvalue weighted by molar-refractivity contribution is 7.54. The van der Waals surface area contributed by atoms with E-state index in [1.807, 2.05) is 41.5 Å². The van der Waals surface area contributed by atoms with Gasteiger partial charge in [0.1, 0.15) is 5.78 Å². The van der Waals surface area contributed by atoms with Crippen molar-refractivity contribution < 1.29 is 37.5 Å². The summed E-state index contributed by atoms with van der Waals surface area (Å²) in [5, 5.41) is 1.77. The minimum atomic E-state index is -3.64. The van der Waals surface area contributed by atoms with E-state index in [1.54, 1.807) is 32.8 Å². The number of rotatable bonds is 14. The summed E-state index contributed by atoms with van der Waals surface area (Å²) >= 11 is 0. The van der Waals surface area contributed by atoms with Crippen LogP contribution in [0.4, 0.5) is 0 Å². The summed E-state index contributed by atoms with van der Waals surface area (Å²) in [5.41, 5.74) is -2.52. The summed E-state index contributed by atoms with van der Waals surface area (Å²) in [5.74, 6) is -1.91. The van der Waals surface area contributed by atoms with E-state index in [4.69, 9.17) is 23.4 Å². The lowest BCUT2D eigenvalue weighted by Crippen LogP contribution is -2.54. The Morgan fingerprint density at radius 2 is 1.25 bits per heavy atom. The van der Waals surface area contributed by atoms with Crippen molar-refractivity contribution in [1.29, 1.82) is 0 Å². The van der Waals surface area contributed by atoms with Crippen molar-refractivity contribution in [3.05, 3.63) is 0 Å². The minimum absolute atomic E-state index is 0.00862. The normalized spacial score (nSPS) is 20.9. The van der Waals surface area contributed by atoms with E-state index in [9.17, 15) is 14.2 Å². The van der Waals surface area contributed by atoms with Gasteiger partial charge < -0.3 is 18.5 Å². The summed E-state index contributed by atoms with van der Waals surface area (Å²) in [6.45, 7) is 26.6. The highest BCUT2D eigenvalue weighted by Crippen LogP contribution is 2.61. The number of carbonyl (C=O) groups is 2. The SMILES string of the molecule is CCOC(=O)C1(C(=O)OCC)CC(CON(C(C(C)(C)C)P(=O)(OCC)OCC)C(C)(C)C)C(CC(C)(C)C)C1. The van der Waals surface area contributed by atoms with Crippen molar-refractivity contribution in [1.82, 2.24) is 5.06 Å². The Morgan fingerprint density at radius 1 is 0.800 bits per heavy atom. The average molecular weight is 592 g/mol. The van der Waals surface area contributed by atoms with E-state index in [2.05, 4.69) is 20.8 Å². The second-order valence-electron chi connectivity index (χ2n) is 14.1. The molecule has 1 rings (SSSR count). The van der Waals surface area contributed by atoms with Crippen LogP contribution in [-0.2, 0) is 37.5 Å². The fourth-order valence-corrected chi connectivity index (χ4v) is 8.48. The van der Waals surface area contributed by atoms with E-state index >= 15 is 0 Å². The van der Waals surface area contributed by atoms with Crippen LogP contribution in [0.5, 0.6) is 0 Å². The van der Waals surface area contributed by atoms with Gasteiger partial charge in [0.15, 0.2) is 5.41 Å². The van der Waals surface area contributed by atoms with Crippen LogP contribution in [0, 0.1) is 28.1 Å². The molecule has 0 aromatic carbocycles. The molecule has 0 amide bonds. The molecule has 9 nitrogen and oxygen atoms in total. The third kappa shape index (κ3) is 9.52. The zero-order valence-electron chi connectivity index (χ0n) is 27.5. The van der Waals surface area contributed by atoms with Crippen molar-refractivity contribution in [3.63, 3.8) is 0 Å². The number of hydroxylamine groups is 2. The first-order chi connectivity index (χ1) is 18.2. The number of nitrogens with zero attached hydrogens (tertiary/aromatic N) is 1. The molecule has 0 radical (unpaired) electrons. The van der Waals surface area contributed by atoms with Crippen LogP contribution in [0.1, 0.15) is 109 Å². The van der Waals surface area contributed by atoms with Gasteiger partial charge in [-0.25, -0.2) is 0 Å². The predicted octanol–water partition coefficient (Wildman–Crippen LogP) is 7.23. The molecule has 3 unspecified atom stereocenters. The second-order valence-corrected chi connectivity index (χ2v) is 16.2. The van der Waals surface area contributed by atoms with Gasteiger partial charge in [-0.05, 0) is 90.4 Å². The van der Waals surface area contributed by atoms with Gasteiger partial charge in [-0.15, -0.1) is 0 Å². The molecule has 1 saturated carbocycles. The van der Waals surface area contributed by atoms with Crippen LogP contribution in [0.15, 0.2) is 0 Å². The van der Waals surface area contributed by atoms with E-state index in [-0.39, 0.29) is 56.7 Å². The molecule has 0 spiro atoms. The third-order valence-corrected chi connectivity index (χ3v) is 9.92. The van der Waals surface area contributed by atoms with Crippen LogP contribution in [0.25, 0.3) is 0 Å². The highest BCUT2D eigenvalue weighted by Gasteiger charge is 2.58. The minimum Gasteiger partial charge on any atom is -0.465 e. The van der Waals surface area contributed by atoms with Gasteiger partial charge >= 0.3 is 19.5 Å². The second kappa shape index (κ2) is 14.5. The number of hydrogen-bond donors (Lipinski definition) is 0. The maximum Gasteiger partial charge on any atom is 0.350 e. The van der Waals surface area contributed by atoms with Crippen molar-refractivity contribution in [3.8, 4) is 0 Å². The fraction of sp³-hybridized carbons (Fsp3) is 0.933. The summed E-state index contributed by atoms with van der Waals surface area (Å²) in [6, 6.07) is 0. The van der Waals surface area contributed by atoms with Crippen molar-refractivity contribution in [2.24, 2.45) is 28.1 Å². The summed E-state index contributed by atoms with van der Waals surface area (Å²) in [7, 11) is -3.64. The number of carbonyl (C=O) groups excluding carboxylic acids is 2. The Kier molecular flexibility index (Phi) is 13.4. The molecule has 0 bridgehead atoms. The molecule has 0 saturated heterocycles. The molecular formula is C30H58NO8P. The van der Waals surface area contributed by atoms with Crippen molar-refractivity contribution in [2.75, 3.05) is 33.0 Å². The third-order valence-electron chi connectivity index (χ3n) is 7.10. The van der Waals surface area contributed by atoms with Gasteiger partial charge in [0, 0.05) is 5.54 Å². The largest absolute Gasteiger partial charge is 0.465 e. The first-order valence-corrected chi connectivity index (χ1v) is 16.5. The molecule has 0 aromatic rings. The molecule has 236 valence electrons. The zero-order chi connectivity index (χ0) is 31.2. The van der Waals surface area contributed by atoms with E-state index in [0.29, 0.717) is 6.42 Å². The number of ether oxygens (including phenoxy) is 2. The van der Waals surface area contributed by atoms with Crippen molar-refractivity contribution >= 4 is 19.5 Å². The van der Waals surface area contributed by atoms with Crippen LogP contribution < -0.4 is 0 Å². The lowest BCUT2D eigenvalue weighted by Gasteiger charge is -2.47. The monoisotopic (exact) mass is 591 g/mol. The summed E-state index contributed by atoms with van der Waals surface area (Å²) < 4.78 is 36.7. The molecule has 40 heavy (non-hydrogen) atoms. The molecule has 0 heterocycles. The van der Waals surface area contributed by atoms with Gasteiger partial charge in [-0.1, -0.05) is 41.5 Å². The van der Waals surface area contributed by atoms with Crippen molar-refractivity contribution in [2.45, 2.75) is 121 Å². The van der Waals surface area contributed by atoms with E-state index < -0.39 is 41.7 Å². The van der Waals surface area contributed by atoms with Gasteiger partial charge in [0.25, 0.3) is 0 Å². The highest BCUT2D eigenvalue weighted by atomic mass is 31.2. The molecule has 1 aliphatic carbocycles. The first-order valence-electron chi connectivity index (χ1n) is 14.9. The van der Waals surface area contributed by atoms with E-state index in [0.717, 1.165) is 6.42 Å². The maximum absolute atomic E-state index is 14.2. The molecule has 0 N–H and O–H groups in total. The topological polar surface area (TPSA) is 101 Å². The molecular weight excluding hydrogens is 533 g/mol. The Labute approximate surface area is 243 Å². The molecule has 1 fully saturated rings. The average Bonchev–Trinajstić information content (AvgIpc) is 3.13. The van der Waals surface area contributed by atoms with E-state index in [1.165, 1.54) is 0 Å². The number of esters is 2. The standard InChI is InChI=1S/C30H58NO8P/c1-14-35-25(32)30(26(33)36-15-2)19-22(18-27(5,6)7)23(20-30)21-37-31(29(11,12)13)24(28(8,9)10)40(34,38-16-3)39-17-4/h22-24H,14-21H2,1-13H3. The molecule has 0 aromatic heterocycles. The van der Waals surface area contributed by atoms with Gasteiger partial charge in [-0.2, -0.15) is 5.06 Å². The first kappa shape index (κ1) is 37.0. The Balaban J connectivity index is 3.56. The summed E-state index contributed by atoms with van der Waals surface area (Å²) in [6.07, 6.45) is 1.39. The maximum atomic E-state index is 14.2. The zero-order valence-corrected chi connectivity index (χ0v) is 28.4. The Bertz CT molecular complexity index is 842. The fourth-order valence-electron chi connectivity index (χ4n) is 5.79. The lowest BCUT2D eigenvalue weighted by molar-refractivity contribution is -0.246. The Hall–Kier alpha value is -0.990. The molecule has 3 atom stereocenters. The predicted molar refractivity (Wildman–Crippen MR) is 158 cm³/mol. The molecule has 1 aliphatic rings. The van der Waals surface area contributed by atoms with Crippen LogP contribution in [-0.4, -0.2) is 61.4 Å². The van der Waals surface area contributed by atoms with Gasteiger partial charge in [0.05, 0.1) is 33.0 Å². The van der Waals surface area contributed by atoms with Gasteiger partial charge in [0.2, 0.25) is 0 Å². The number of hydrogen-bond acceptors (Lipinski definition) is 9. The summed E-state index contributed by atoms with van der Waals surface area (Å²) in [4.78, 5) is 33.2. The molecule has 0 aliphatic heterocycles. The van der Waals surface area contributed by atoms with Gasteiger partial charge in [-0.3, -0.25) is 19.0 Å². The smallest absolute Gasteiger partial charge is 0.350 e. The van der Waals surface area contributed by atoms with Crippen LogP contribution >= 0.6 is 7.60 Å². The lowest BCUT2D eigenvalue weighted by atomic mass is 9.79. The van der Waals surface area contributed by atoms with Crippen LogP contribution in [0.3, 0.4) is 0 Å². The van der Waals surface area contributed by atoms with Crippen LogP contribution in [0.2, 0.25) is 0 Å². The Morgan fingerprint density at radius 3 is 1.60 bits per heavy atom.